The average molecular weight is 531 g/mol. The summed E-state index contributed by atoms with van der Waals surface area (Å²) < 4.78 is 118. The highest BCUT2D eigenvalue weighted by atomic mass is 32.2. The molecule has 194 valence electrons. The van der Waals surface area contributed by atoms with Crippen LogP contribution in [0.2, 0.25) is 0 Å². The molecule has 2 aliphatic rings. The third-order valence-electron chi connectivity index (χ3n) is 5.79. The predicted molar refractivity (Wildman–Crippen MR) is 133 cm³/mol. The summed E-state index contributed by atoms with van der Waals surface area (Å²) in [5.41, 5.74) is -3.16. The number of anilines is 1. The van der Waals surface area contributed by atoms with E-state index in [0.717, 1.165) is 4.68 Å². The zero-order valence-corrected chi connectivity index (χ0v) is 19.9. The van der Waals surface area contributed by atoms with E-state index in [2.05, 4.69) is 25.6 Å². The van der Waals surface area contributed by atoms with Gasteiger partial charge in [0.1, 0.15) is 18.0 Å². The van der Waals surface area contributed by atoms with Crippen LogP contribution in [0.15, 0.2) is 23.3 Å². The average Bonchev–Trinajstić information content (AvgIpc) is 3.28. The summed E-state index contributed by atoms with van der Waals surface area (Å²) in [6.45, 7) is -4.01. The highest BCUT2D eigenvalue weighted by molar-refractivity contribution is 7.99. The van der Waals surface area contributed by atoms with Crippen molar-refractivity contribution in [1.29, 1.82) is 0 Å². The van der Waals surface area contributed by atoms with Crippen molar-refractivity contribution in [3.63, 3.8) is 0 Å². The number of nitrogens with zero attached hydrogens (tertiary/aromatic N) is 5. The number of aliphatic hydroxyl groups is 3. The number of ether oxygens (including phenoxy) is 1. The molecule has 2 aliphatic carbocycles. The summed E-state index contributed by atoms with van der Waals surface area (Å²) in [5.74, 6) is -3.13. The molecule has 2 fully saturated rings. The SMILES string of the molecule is [2H]c1c([2H])c([C@@H]2C([2H])([2H])[C@@]2([2H])Nc2nc(SC([2H])([2H])CC)nc3c2nnn3[C@@H]2C[C@H](OC([2H])([2H])C([2H])([2H])O)[C@@H](O)[C@H]2O)c([2H])c(F)c1C. The predicted octanol–water partition coefficient (Wildman–Crippen LogP) is 2.18. The number of aromatic nitrogens is 5. The van der Waals surface area contributed by atoms with Crippen molar-refractivity contribution in [2.45, 2.75) is 74.5 Å². The maximum absolute atomic E-state index is 14.8. The van der Waals surface area contributed by atoms with Crippen LogP contribution >= 0.6 is 11.8 Å². The normalized spacial score (nSPS) is 37.1. The van der Waals surface area contributed by atoms with Crippen LogP contribution in [0.5, 0.6) is 0 Å². The summed E-state index contributed by atoms with van der Waals surface area (Å²) >= 11 is 0.553. The third kappa shape index (κ3) is 4.92. The van der Waals surface area contributed by atoms with E-state index in [1.54, 1.807) is 6.92 Å². The standard InChI is InChI=1S/C24H31FN6O4S/c1-3-8-36-24-27-22(26-16-10-14(16)13-5-4-12(2)15(25)9-13)19-23(28-24)31(30-29-19)17-11-18(35-7-6-32)21(34)20(17)33/h4-5,9,14,16-18,20-21,32-34H,3,6-8,10-11H2,1-2H3,(H,26,27,28)/t14-,16+,17+,18-,20-,21+/m0/s1/i4D,5D,6D2,7D2,8D2,9D,10D2,16D. The first kappa shape index (κ1) is 14.5. The van der Waals surface area contributed by atoms with Gasteiger partial charge in [-0.15, -0.1) is 5.10 Å². The second kappa shape index (κ2) is 10.5. The summed E-state index contributed by atoms with van der Waals surface area (Å²) in [6, 6.07) is -5.71. The molecular weight excluding hydrogens is 487 g/mol. The number of thioether (sulfide) groups is 1. The molecule has 2 saturated carbocycles. The third-order valence-corrected chi connectivity index (χ3v) is 6.58. The van der Waals surface area contributed by atoms with Gasteiger partial charge in [0.2, 0.25) is 0 Å². The Morgan fingerprint density at radius 3 is 3.00 bits per heavy atom. The lowest BCUT2D eigenvalue weighted by atomic mass is 10.1. The monoisotopic (exact) mass is 530 g/mol. The fourth-order valence-electron chi connectivity index (χ4n) is 3.90. The lowest BCUT2D eigenvalue weighted by molar-refractivity contribution is -0.0629. The molecule has 0 amide bonds. The van der Waals surface area contributed by atoms with Crippen molar-refractivity contribution >= 4 is 28.7 Å². The zero-order chi connectivity index (χ0) is 36.1. The number of hydrogen-bond acceptors (Lipinski definition) is 10. The molecule has 1 aromatic carbocycles. The Labute approximate surface area is 229 Å². The maximum Gasteiger partial charge on any atom is 0.191 e. The van der Waals surface area contributed by atoms with Gasteiger partial charge in [-0.2, -0.15) is 0 Å². The van der Waals surface area contributed by atoms with Crippen LogP contribution in [0.4, 0.5) is 10.2 Å². The highest BCUT2D eigenvalue weighted by Crippen LogP contribution is 2.44. The van der Waals surface area contributed by atoms with Crippen LogP contribution in [-0.2, 0) is 4.74 Å². The fraction of sp³-hybridized carbons (Fsp3) is 0.583. The largest absolute Gasteiger partial charge is 0.394 e. The fourth-order valence-corrected chi connectivity index (χ4v) is 4.44. The Morgan fingerprint density at radius 1 is 1.39 bits per heavy atom. The Kier molecular flexibility index (Phi) is 4.25. The van der Waals surface area contributed by atoms with E-state index in [9.17, 15) is 19.7 Å². The minimum absolute atomic E-state index is 0.00770. The number of aliphatic hydroxyl groups excluding tert-OH is 2. The molecule has 0 spiro atoms. The molecule has 0 bridgehead atoms. The first-order valence-electron chi connectivity index (χ1n) is 17.0. The molecule has 0 saturated heterocycles. The second-order valence-corrected chi connectivity index (χ2v) is 9.02. The van der Waals surface area contributed by atoms with E-state index in [1.165, 1.54) is 6.92 Å². The topological polar surface area (TPSA) is 138 Å². The Bertz CT molecular complexity index is 1740. The smallest absolute Gasteiger partial charge is 0.191 e. The highest BCUT2D eigenvalue weighted by Gasteiger charge is 2.45. The first-order chi connectivity index (χ1) is 21.9. The van der Waals surface area contributed by atoms with E-state index in [1.807, 2.05) is 0 Å². The number of hydrogen-bond donors (Lipinski definition) is 4. The van der Waals surface area contributed by atoms with Gasteiger partial charge in [-0.05, 0) is 36.9 Å². The van der Waals surface area contributed by atoms with Crippen molar-refractivity contribution in [1.82, 2.24) is 25.0 Å². The van der Waals surface area contributed by atoms with Crippen molar-refractivity contribution in [2.75, 3.05) is 24.1 Å². The van der Waals surface area contributed by atoms with Gasteiger partial charge in [-0.3, -0.25) is 0 Å². The van der Waals surface area contributed by atoms with Gasteiger partial charge in [0.05, 0.1) is 36.2 Å². The molecule has 4 N–H and O–H groups in total. The van der Waals surface area contributed by atoms with Gasteiger partial charge in [0.25, 0.3) is 0 Å². The van der Waals surface area contributed by atoms with E-state index in [-0.39, 0.29) is 34.1 Å². The van der Waals surface area contributed by atoms with Crippen LogP contribution in [0.1, 0.15) is 65.7 Å². The number of halogens is 1. The Hall–Kier alpha value is -2.38. The van der Waals surface area contributed by atoms with Crippen LogP contribution in [0.25, 0.3) is 11.2 Å². The zero-order valence-electron chi connectivity index (χ0n) is 31.1. The summed E-state index contributed by atoms with van der Waals surface area (Å²) in [6.07, 6.45) is -8.06. The molecule has 5 rings (SSSR count). The molecule has 2 heterocycles. The van der Waals surface area contributed by atoms with Gasteiger partial charge in [-0.1, -0.05) is 36.0 Å². The molecule has 0 radical (unpaired) electrons. The summed E-state index contributed by atoms with van der Waals surface area (Å²) in [5, 5.41) is 41.4. The summed E-state index contributed by atoms with van der Waals surface area (Å²) in [7, 11) is 0. The molecule has 6 atom stereocenters. The number of nitrogens with one attached hydrogen (secondary N) is 1. The van der Waals surface area contributed by atoms with E-state index < -0.39 is 97.4 Å². The first-order valence-corrected chi connectivity index (χ1v) is 11.8. The molecule has 0 aliphatic heterocycles. The van der Waals surface area contributed by atoms with Gasteiger partial charge in [0.15, 0.2) is 22.1 Å². The molecule has 36 heavy (non-hydrogen) atoms. The Morgan fingerprint density at radius 2 is 2.22 bits per heavy atom. The lowest BCUT2D eigenvalue weighted by Gasteiger charge is -2.17. The quantitative estimate of drug-likeness (QED) is 0.228. The molecular formula is C24H31FN6O4S. The van der Waals surface area contributed by atoms with Crippen LogP contribution in [0.3, 0.4) is 0 Å². The molecule has 0 unspecified atom stereocenters. The van der Waals surface area contributed by atoms with Crippen molar-refractivity contribution in [3.05, 3.63) is 35.1 Å². The number of benzene rings is 1. The van der Waals surface area contributed by atoms with Gasteiger partial charge < -0.3 is 25.4 Å². The van der Waals surface area contributed by atoms with Gasteiger partial charge in [-0.25, -0.2) is 19.0 Å². The van der Waals surface area contributed by atoms with Gasteiger partial charge >= 0.3 is 0 Å². The number of fused-ring (bicyclic) bond motifs is 1. The van der Waals surface area contributed by atoms with Gasteiger partial charge in [0, 0.05) is 29.5 Å². The van der Waals surface area contributed by atoms with Crippen molar-refractivity contribution < 1.29 is 40.9 Å². The summed E-state index contributed by atoms with van der Waals surface area (Å²) in [4.78, 5) is 8.56. The van der Waals surface area contributed by atoms with Crippen molar-refractivity contribution in [3.8, 4) is 0 Å². The minimum atomic E-state index is -3.47. The number of rotatable bonds is 10. The minimum Gasteiger partial charge on any atom is -0.394 e. The second-order valence-electron chi connectivity index (χ2n) is 8.16. The maximum atomic E-state index is 14.8. The lowest BCUT2D eigenvalue weighted by Crippen LogP contribution is -2.33. The van der Waals surface area contributed by atoms with Crippen LogP contribution in [-0.4, -0.2) is 83.4 Å². The van der Waals surface area contributed by atoms with E-state index in [0.29, 0.717) is 11.8 Å². The molecule has 12 heteroatoms. The van der Waals surface area contributed by atoms with Crippen molar-refractivity contribution in [2.24, 2.45) is 0 Å². The Balaban J connectivity index is 1.58. The van der Waals surface area contributed by atoms with Crippen LogP contribution in [0, 0.1) is 12.7 Å². The molecule has 10 nitrogen and oxygen atoms in total. The van der Waals surface area contributed by atoms with E-state index in [4.69, 9.17) is 21.2 Å². The van der Waals surface area contributed by atoms with Crippen LogP contribution < -0.4 is 5.32 Å². The molecule has 2 aromatic heterocycles. The molecule has 3 aromatic rings. The van der Waals surface area contributed by atoms with E-state index >= 15 is 0 Å².